The maximum absolute atomic E-state index is 12.8. The Bertz CT molecular complexity index is 940. The van der Waals surface area contributed by atoms with Crippen molar-refractivity contribution in [2.24, 2.45) is 0 Å². The van der Waals surface area contributed by atoms with Gasteiger partial charge in [-0.1, -0.05) is 117 Å². The minimum Gasteiger partial charge on any atom is -0.462 e. The van der Waals surface area contributed by atoms with Crippen molar-refractivity contribution in [2.75, 3.05) is 26.4 Å². The highest BCUT2D eigenvalue weighted by atomic mass is 16.7. The average Bonchev–Trinajstić information content (AvgIpc) is 3.15. The Morgan fingerprint density at radius 3 is 1.68 bits per heavy atom. The number of aliphatic hydroxyl groups is 6. The van der Waals surface area contributed by atoms with Crippen molar-refractivity contribution in [1.82, 2.24) is 0 Å². The molecule has 2 fully saturated rings. The predicted octanol–water partition coefficient (Wildman–Crippen LogP) is 3.95. The van der Waals surface area contributed by atoms with E-state index in [9.17, 15) is 40.2 Å². The van der Waals surface area contributed by atoms with Crippen LogP contribution in [-0.4, -0.2) is 130 Å². The molecule has 14 heteroatoms. The van der Waals surface area contributed by atoms with Crippen LogP contribution in [0.25, 0.3) is 0 Å². The van der Waals surface area contributed by atoms with Crippen molar-refractivity contribution < 1.29 is 68.6 Å². The number of hydrogen-bond donors (Lipinski definition) is 6. The SMILES string of the molecule is CCCCCCCCCCCCCCC(=O)O[C@H](COC(=O)CCCCCCCC)CO[C@@H]1O[C@H](CO[C@@H]2C[C@@H](O)[C@@H](O)[C@@H](CO)O2)[C@H](O)[C@H](O)[C@H]1O. The standard InChI is InChI=1S/C39H72O14/c1-3-5-7-9-11-12-13-14-15-16-18-20-22-33(43)51-28(25-48-32(42)21-19-17-10-8-6-4-2)26-50-39-38(47)37(46)36(45)31(53-39)27-49-34-23-29(41)35(44)30(24-40)52-34/h28-31,34-41,44-47H,3-27H2,1-2H3/t28-,29-,30-,31-,34+,35-,36+,37+,38-,39-/m1/s1. The van der Waals surface area contributed by atoms with Crippen molar-refractivity contribution in [3.63, 3.8) is 0 Å². The van der Waals surface area contributed by atoms with E-state index in [4.69, 9.17) is 28.4 Å². The summed E-state index contributed by atoms with van der Waals surface area (Å²) < 4.78 is 33.6. The van der Waals surface area contributed by atoms with Crippen LogP contribution in [0, 0.1) is 0 Å². The Labute approximate surface area is 316 Å². The number of carbonyl (C=O) groups excluding carboxylic acids is 2. The second kappa shape index (κ2) is 28.9. The van der Waals surface area contributed by atoms with Gasteiger partial charge in [-0.25, -0.2) is 0 Å². The van der Waals surface area contributed by atoms with E-state index in [1.165, 1.54) is 51.4 Å². The molecular weight excluding hydrogens is 692 g/mol. The van der Waals surface area contributed by atoms with Gasteiger partial charge < -0.3 is 59.1 Å². The lowest BCUT2D eigenvalue weighted by Crippen LogP contribution is -2.60. The monoisotopic (exact) mass is 764 g/mol. The molecule has 0 aliphatic carbocycles. The number of hydrogen-bond acceptors (Lipinski definition) is 14. The van der Waals surface area contributed by atoms with Gasteiger partial charge in [0.15, 0.2) is 18.7 Å². The van der Waals surface area contributed by atoms with Crippen molar-refractivity contribution in [3.05, 3.63) is 0 Å². The summed E-state index contributed by atoms with van der Waals surface area (Å²) in [6.07, 6.45) is 7.10. The molecule has 2 aliphatic heterocycles. The predicted molar refractivity (Wildman–Crippen MR) is 195 cm³/mol. The Hall–Kier alpha value is -1.46. The number of rotatable bonds is 30. The highest BCUT2D eigenvalue weighted by Crippen LogP contribution is 2.26. The molecule has 0 radical (unpaired) electrons. The van der Waals surface area contributed by atoms with Crippen LogP contribution in [0.5, 0.6) is 0 Å². The first-order valence-corrected chi connectivity index (χ1v) is 20.5. The third-order valence-electron chi connectivity index (χ3n) is 9.97. The number of esters is 2. The average molecular weight is 765 g/mol. The van der Waals surface area contributed by atoms with Crippen LogP contribution in [-0.2, 0) is 38.0 Å². The lowest BCUT2D eigenvalue weighted by atomic mass is 9.99. The molecule has 10 atom stereocenters. The zero-order valence-corrected chi connectivity index (χ0v) is 32.4. The first kappa shape index (κ1) is 47.7. The van der Waals surface area contributed by atoms with Gasteiger partial charge in [0.25, 0.3) is 0 Å². The maximum atomic E-state index is 12.8. The van der Waals surface area contributed by atoms with Gasteiger partial charge in [-0.05, 0) is 12.8 Å². The number of ether oxygens (including phenoxy) is 6. The third-order valence-corrected chi connectivity index (χ3v) is 9.97. The summed E-state index contributed by atoms with van der Waals surface area (Å²) >= 11 is 0. The van der Waals surface area contributed by atoms with Crippen LogP contribution < -0.4 is 0 Å². The normalized spacial score (nSPS) is 28.1. The van der Waals surface area contributed by atoms with Crippen molar-refractivity contribution in [2.45, 2.75) is 210 Å². The van der Waals surface area contributed by atoms with Gasteiger partial charge >= 0.3 is 11.9 Å². The molecule has 53 heavy (non-hydrogen) atoms. The van der Waals surface area contributed by atoms with Crippen LogP contribution in [0.2, 0.25) is 0 Å². The molecule has 0 spiro atoms. The van der Waals surface area contributed by atoms with Gasteiger partial charge in [0.2, 0.25) is 0 Å². The molecule has 2 saturated heterocycles. The Balaban J connectivity index is 1.85. The molecule has 14 nitrogen and oxygen atoms in total. The van der Waals surface area contributed by atoms with Crippen LogP contribution in [0.1, 0.15) is 149 Å². The van der Waals surface area contributed by atoms with E-state index in [0.29, 0.717) is 12.8 Å². The van der Waals surface area contributed by atoms with E-state index in [2.05, 4.69) is 13.8 Å². The largest absolute Gasteiger partial charge is 0.462 e. The van der Waals surface area contributed by atoms with E-state index in [1.807, 2.05) is 0 Å². The molecule has 0 unspecified atom stereocenters. The van der Waals surface area contributed by atoms with Gasteiger partial charge in [0.05, 0.1) is 25.9 Å². The fourth-order valence-corrected chi connectivity index (χ4v) is 6.55. The summed E-state index contributed by atoms with van der Waals surface area (Å²) in [5.41, 5.74) is 0. The minimum absolute atomic E-state index is 0.116. The second-order valence-electron chi connectivity index (χ2n) is 14.7. The Kier molecular flexibility index (Phi) is 26.0. The minimum atomic E-state index is -1.69. The first-order chi connectivity index (χ1) is 25.6. The first-order valence-electron chi connectivity index (χ1n) is 20.5. The van der Waals surface area contributed by atoms with Gasteiger partial charge in [-0.3, -0.25) is 9.59 Å². The lowest BCUT2D eigenvalue weighted by Gasteiger charge is -2.41. The lowest BCUT2D eigenvalue weighted by molar-refractivity contribution is -0.320. The smallest absolute Gasteiger partial charge is 0.306 e. The van der Waals surface area contributed by atoms with Crippen molar-refractivity contribution in [3.8, 4) is 0 Å². The Morgan fingerprint density at radius 1 is 0.604 bits per heavy atom. The summed E-state index contributed by atoms with van der Waals surface area (Å²) in [5.74, 6) is -0.885. The number of aliphatic hydroxyl groups excluding tert-OH is 6. The second-order valence-corrected chi connectivity index (χ2v) is 14.7. The molecule has 2 heterocycles. The molecule has 0 aromatic heterocycles. The Morgan fingerprint density at radius 2 is 1.13 bits per heavy atom. The molecule has 6 N–H and O–H groups in total. The molecule has 0 amide bonds. The van der Waals surface area contributed by atoms with Crippen molar-refractivity contribution in [1.29, 1.82) is 0 Å². The number of unbranched alkanes of at least 4 members (excludes halogenated alkanes) is 16. The molecule has 2 rings (SSSR count). The fraction of sp³-hybridized carbons (Fsp3) is 0.949. The van der Waals surface area contributed by atoms with Crippen molar-refractivity contribution >= 4 is 11.9 Å². The highest BCUT2D eigenvalue weighted by Gasteiger charge is 2.45. The van der Waals surface area contributed by atoms with Crippen LogP contribution >= 0.6 is 0 Å². The van der Waals surface area contributed by atoms with Gasteiger partial charge in [-0.2, -0.15) is 0 Å². The van der Waals surface area contributed by atoms with Crippen LogP contribution in [0.3, 0.4) is 0 Å². The molecule has 0 aromatic rings. The van der Waals surface area contributed by atoms with Gasteiger partial charge in [-0.15, -0.1) is 0 Å². The summed E-state index contributed by atoms with van der Waals surface area (Å²) in [7, 11) is 0. The van der Waals surface area contributed by atoms with E-state index in [-0.39, 0.29) is 39.1 Å². The van der Waals surface area contributed by atoms with E-state index >= 15 is 0 Å². The van der Waals surface area contributed by atoms with Gasteiger partial charge in [0, 0.05) is 19.3 Å². The van der Waals surface area contributed by atoms with E-state index < -0.39 is 80.0 Å². The quantitative estimate of drug-likeness (QED) is 0.0452. The maximum Gasteiger partial charge on any atom is 0.306 e. The molecule has 0 saturated carbocycles. The van der Waals surface area contributed by atoms with E-state index in [1.54, 1.807) is 0 Å². The van der Waals surface area contributed by atoms with E-state index in [0.717, 1.165) is 51.4 Å². The molecule has 0 bridgehead atoms. The molecule has 2 aliphatic rings. The highest BCUT2D eigenvalue weighted by molar-refractivity contribution is 5.70. The summed E-state index contributed by atoms with van der Waals surface area (Å²) in [6.45, 7) is 2.86. The van der Waals surface area contributed by atoms with Crippen LogP contribution in [0.15, 0.2) is 0 Å². The molecule has 0 aromatic carbocycles. The summed E-state index contributed by atoms with van der Waals surface area (Å²) in [4.78, 5) is 25.3. The topological polar surface area (TPSA) is 211 Å². The summed E-state index contributed by atoms with van der Waals surface area (Å²) in [6, 6.07) is 0. The van der Waals surface area contributed by atoms with Crippen LogP contribution in [0.4, 0.5) is 0 Å². The molecule has 312 valence electrons. The number of carbonyl (C=O) groups is 2. The summed E-state index contributed by atoms with van der Waals surface area (Å²) in [5, 5.41) is 61.2. The zero-order valence-electron chi connectivity index (χ0n) is 32.4. The zero-order chi connectivity index (χ0) is 38.8. The van der Waals surface area contributed by atoms with Gasteiger partial charge in [0.1, 0.15) is 43.2 Å². The molecular formula is C39H72O14. The fourth-order valence-electron chi connectivity index (χ4n) is 6.55. The third kappa shape index (κ3) is 19.8.